The van der Waals surface area contributed by atoms with E-state index in [1.165, 1.54) is 22.3 Å². The fourth-order valence-corrected chi connectivity index (χ4v) is 4.78. The maximum atomic E-state index is 12.6. The molecule has 0 saturated heterocycles. The lowest BCUT2D eigenvalue weighted by Crippen LogP contribution is -2.32. The van der Waals surface area contributed by atoms with E-state index >= 15 is 0 Å². The van der Waals surface area contributed by atoms with Gasteiger partial charge in [0, 0.05) is 11.8 Å². The van der Waals surface area contributed by atoms with Crippen molar-refractivity contribution in [3.8, 4) is 0 Å². The molecule has 0 aliphatic heterocycles. The molecular formula is C26H27NO. The molecule has 0 fully saturated rings. The molecule has 0 saturated carbocycles. The molecule has 28 heavy (non-hydrogen) atoms. The Balaban J connectivity index is 1.71. The molecule has 2 N–H and O–H groups in total. The van der Waals surface area contributed by atoms with E-state index in [1.54, 1.807) is 0 Å². The van der Waals surface area contributed by atoms with Gasteiger partial charge < -0.3 is 5.73 Å². The van der Waals surface area contributed by atoms with Crippen molar-refractivity contribution in [2.75, 3.05) is 0 Å². The number of hydrogen-bond acceptors (Lipinski definition) is 1. The fourth-order valence-electron chi connectivity index (χ4n) is 4.78. The van der Waals surface area contributed by atoms with Crippen molar-refractivity contribution in [2.45, 2.75) is 37.5 Å². The van der Waals surface area contributed by atoms with E-state index in [9.17, 15) is 4.79 Å². The predicted molar refractivity (Wildman–Crippen MR) is 114 cm³/mol. The van der Waals surface area contributed by atoms with E-state index in [0.29, 0.717) is 0 Å². The molecule has 2 atom stereocenters. The Hall–Kier alpha value is -2.87. The van der Waals surface area contributed by atoms with Crippen LogP contribution in [0.5, 0.6) is 0 Å². The van der Waals surface area contributed by atoms with Crippen molar-refractivity contribution in [1.82, 2.24) is 0 Å². The van der Waals surface area contributed by atoms with E-state index in [1.807, 2.05) is 12.1 Å². The van der Waals surface area contributed by atoms with Crippen LogP contribution in [-0.4, -0.2) is 5.91 Å². The number of hydrogen-bond donors (Lipinski definition) is 1. The van der Waals surface area contributed by atoms with Crippen LogP contribution in [0.4, 0.5) is 0 Å². The van der Waals surface area contributed by atoms with Gasteiger partial charge in [-0.25, -0.2) is 0 Å². The van der Waals surface area contributed by atoms with Crippen LogP contribution >= 0.6 is 0 Å². The molecule has 1 aliphatic rings. The highest BCUT2D eigenvalue weighted by Gasteiger charge is 2.34. The highest BCUT2D eigenvalue weighted by Crippen LogP contribution is 2.42. The van der Waals surface area contributed by atoms with Gasteiger partial charge in [-0.2, -0.15) is 0 Å². The van der Waals surface area contributed by atoms with Gasteiger partial charge in [0.1, 0.15) is 0 Å². The smallest absolute Gasteiger partial charge is 0.221 e. The summed E-state index contributed by atoms with van der Waals surface area (Å²) in [7, 11) is 0. The number of benzene rings is 3. The number of rotatable bonds is 6. The summed E-state index contributed by atoms with van der Waals surface area (Å²) < 4.78 is 0. The molecule has 0 radical (unpaired) electrons. The second kappa shape index (κ2) is 8.43. The molecule has 1 amide bonds. The lowest BCUT2D eigenvalue weighted by atomic mass is 9.71. The highest BCUT2D eigenvalue weighted by molar-refractivity contribution is 5.78. The van der Waals surface area contributed by atoms with E-state index in [-0.39, 0.29) is 23.7 Å². The zero-order valence-electron chi connectivity index (χ0n) is 16.1. The summed E-state index contributed by atoms with van der Waals surface area (Å²) in [4.78, 5) is 12.6. The molecule has 4 rings (SSSR count). The van der Waals surface area contributed by atoms with Gasteiger partial charge in [-0.15, -0.1) is 0 Å². The summed E-state index contributed by atoms with van der Waals surface area (Å²) >= 11 is 0. The predicted octanol–water partition coefficient (Wildman–Crippen LogP) is 5.43. The maximum Gasteiger partial charge on any atom is 0.221 e. The number of carbonyl (C=O) groups is 1. The first kappa shape index (κ1) is 18.5. The molecule has 3 aromatic carbocycles. The van der Waals surface area contributed by atoms with Gasteiger partial charge in [-0.05, 0) is 53.9 Å². The van der Waals surface area contributed by atoms with Gasteiger partial charge in [-0.1, -0.05) is 84.9 Å². The summed E-state index contributed by atoms with van der Waals surface area (Å²) in [6, 6.07) is 29.5. The van der Waals surface area contributed by atoms with Crippen LogP contribution in [0, 0.1) is 5.92 Å². The third kappa shape index (κ3) is 3.87. The molecular weight excluding hydrogens is 342 g/mol. The zero-order valence-corrected chi connectivity index (χ0v) is 16.1. The van der Waals surface area contributed by atoms with Gasteiger partial charge in [0.25, 0.3) is 0 Å². The number of carbonyl (C=O) groups excluding carboxylic acids is 1. The number of primary amides is 1. The first-order valence-corrected chi connectivity index (χ1v) is 10.2. The van der Waals surface area contributed by atoms with Crippen molar-refractivity contribution in [2.24, 2.45) is 11.7 Å². The van der Waals surface area contributed by atoms with Crippen LogP contribution in [0.2, 0.25) is 0 Å². The molecule has 0 heterocycles. The number of aryl methyl sites for hydroxylation is 1. The molecule has 1 aliphatic carbocycles. The van der Waals surface area contributed by atoms with Crippen molar-refractivity contribution < 1.29 is 4.79 Å². The lowest BCUT2D eigenvalue weighted by molar-refractivity contribution is -0.122. The third-order valence-corrected chi connectivity index (χ3v) is 6.16. The minimum absolute atomic E-state index is 0.161. The first-order valence-electron chi connectivity index (χ1n) is 10.2. The zero-order chi connectivity index (χ0) is 19.3. The maximum absolute atomic E-state index is 12.6. The molecule has 2 heteroatoms. The lowest BCUT2D eigenvalue weighted by Gasteiger charge is -2.33. The van der Waals surface area contributed by atoms with Crippen LogP contribution < -0.4 is 5.73 Å². The van der Waals surface area contributed by atoms with Gasteiger partial charge in [0.05, 0.1) is 0 Å². The van der Waals surface area contributed by atoms with Gasteiger partial charge >= 0.3 is 0 Å². The quantitative estimate of drug-likeness (QED) is 0.618. The number of amides is 1. The molecule has 2 nitrogen and oxygen atoms in total. The molecule has 0 spiro atoms. The van der Waals surface area contributed by atoms with Crippen LogP contribution in [0.3, 0.4) is 0 Å². The summed E-state index contributed by atoms with van der Waals surface area (Å²) in [6.45, 7) is 0. The summed E-state index contributed by atoms with van der Waals surface area (Å²) in [6.07, 6.45) is 3.98. The Morgan fingerprint density at radius 1 is 0.857 bits per heavy atom. The van der Waals surface area contributed by atoms with Crippen LogP contribution in [0.1, 0.15) is 53.4 Å². The summed E-state index contributed by atoms with van der Waals surface area (Å²) in [5.41, 5.74) is 11.2. The molecule has 0 bridgehead atoms. The summed E-state index contributed by atoms with van der Waals surface area (Å²) in [5.74, 6) is 0.0109. The second-order valence-corrected chi connectivity index (χ2v) is 7.82. The molecule has 142 valence electrons. The van der Waals surface area contributed by atoms with Crippen LogP contribution in [0.15, 0.2) is 84.9 Å². The first-order chi connectivity index (χ1) is 13.7. The minimum Gasteiger partial charge on any atom is -0.369 e. The monoisotopic (exact) mass is 369 g/mol. The van der Waals surface area contributed by atoms with E-state index in [4.69, 9.17) is 5.73 Å². The SMILES string of the molecule is NC(=O)C(CC(c1ccccc1)c1ccccc1)C1CCCc2ccccc21. The Kier molecular flexibility index (Phi) is 5.57. The third-order valence-electron chi connectivity index (χ3n) is 6.16. The average molecular weight is 370 g/mol. The second-order valence-electron chi connectivity index (χ2n) is 7.82. The van der Waals surface area contributed by atoms with Crippen LogP contribution in [-0.2, 0) is 11.2 Å². The van der Waals surface area contributed by atoms with E-state index in [0.717, 1.165) is 25.7 Å². The van der Waals surface area contributed by atoms with Crippen molar-refractivity contribution >= 4 is 5.91 Å². The molecule has 0 aromatic heterocycles. The minimum atomic E-state index is -0.182. The number of nitrogens with two attached hydrogens (primary N) is 1. The van der Waals surface area contributed by atoms with Crippen molar-refractivity contribution in [3.05, 3.63) is 107 Å². The molecule has 2 unspecified atom stereocenters. The van der Waals surface area contributed by atoms with E-state index in [2.05, 4.69) is 72.8 Å². The van der Waals surface area contributed by atoms with Gasteiger partial charge in [0.15, 0.2) is 0 Å². The fraction of sp³-hybridized carbons (Fsp3) is 0.269. The highest BCUT2D eigenvalue weighted by atomic mass is 16.1. The number of fused-ring (bicyclic) bond motifs is 1. The standard InChI is InChI=1S/C26H27NO/c27-26(28)25(23-17-9-15-19-14-7-8-16-22(19)23)18-24(20-10-3-1-4-11-20)21-12-5-2-6-13-21/h1-8,10-14,16,23-25H,9,15,17-18H2,(H2,27,28). The Morgan fingerprint density at radius 3 is 2.04 bits per heavy atom. The average Bonchev–Trinajstić information content (AvgIpc) is 2.75. The normalized spacial score (nSPS) is 17.1. The van der Waals surface area contributed by atoms with Crippen LogP contribution in [0.25, 0.3) is 0 Å². The van der Waals surface area contributed by atoms with Gasteiger partial charge in [-0.3, -0.25) is 4.79 Å². The largest absolute Gasteiger partial charge is 0.369 e. The van der Waals surface area contributed by atoms with Crippen molar-refractivity contribution in [3.63, 3.8) is 0 Å². The Bertz CT molecular complexity index is 880. The molecule has 3 aromatic rings. The Labute approximate surface area is 167 Å². The van der Waals surface area contributed by atoms with Crippen molar-refractivity contribution in [1.29, 1.82) is 0 Å². The topological polar surface area (TPSA) is 43.1 Å². The van der Waals surface area contributed by atoms with E-state index < -0.39 is 0 Å². The summed E-state index contributed by atoms with van der Waals surface area (Å²) in [5, 5.41) is 0. The Morgan fingerprint density at radius 2 is 1.43 bits per heavy atom. The van der Waals surface area contributed by atoms with Gasteiger partial charge in [0.2, 0.25) is 5.91 Å².